The fourth-order valence-electron chi connectivity index (χ4n) is 3.39. The number of carbonyl (C=O) groups is 1. The number of aliphatic hydroxyl groups is 1. The zero-order chi connectivity index (χ0) is 16.5. The monoisotopic (exact) mass is 325 g/mol. The normalized spacial score (nSPS) is 18.9. The summed E-state index contributed by atoms with van der Waals surface area (Å²) in [6.45, 7) is 1.13. The van der Waals surface area contributed by atoms with Crippen LogP contribution in [0, 0.1) is 0 Å². The van der Waals surface area contributed by atoms with Crippen LogP contribution < -0.4 is 4.74 Å². The van der Waals surface area contributed by atoms with Crippen LogP contribution >= 0.6 is 0 Å². The topological polar surface area (TPSA) is 59.0 Å². The molecule has 1 fully saturated rings. The highest BCUT2D eigenvalue weighted by molar-refractivity contribution is 5.84. The van der Waals surface area contributed by atoms with Crippen molar-refractivity contribution in [3.63, 3.8) is 0 Å². The minimum absolute atomic E-state index is 0.0993. The second-order valence-corrected chi connectivity index (χ2v) is 6.11. The second kappa shape index (κ2) is 6.26. The quantitative estimate of drug-likeness (QED) is 0.786. The molecular weight excluding hydrogens is 306 g/mol. The molecule has 24 heavy (non-hydrogen) atoms. The lowest BCUT2D eigenvalue weighted by atomic mass is 10.1. The fraction of sp³-hybridized carbons (Fsp3) is 0.316. The third-order valence-corrected chi connectivity index (χ3v) is 4.58. The van der Waals surface area contributed by atoms with E-state index in [1.807, 2.05) is 24.3 Å². The Balaban J connectivity index is 1.59. The summed E-state index contributed by atoms with van der Waals surface area (Å²) in [5, 5.41) is 9.21. The number of aliphatic hydroxyl groups excluding tert-OH is 1. The molecule has 1 N–H and O–H groups in total. The molecule has 2 aliphatic rings. The Bertz CT molecular complexity index is 774. The molecule has 1 aliphatic heterocycles. The molecule has 0 aromatic heterocycles. The first-order chi connectivity index (χ1) is 11.8. The number of morpholine rings is 1. The van der Waals surface area contributed by atoms with Crippen LogP contribution in [0.15, 0.2) is 42.5 Å². The Morgan fingerprint density at radius 1 is 1.21 bits per heavy atom. The van der Waals surface area contributed by atoms with Gasteiger partial charge in [-0.3, -0.25) is 0 Å². The summed E-state index contributed by atoms with van der Waals surface area (Å²) < 4.78 is 11.1. The van der Waals surface area contributed by atoms with Gasteiger partial charge in [-0.15, -0.1) is 0 Å². The highest BCUT2D eigenvalue weighted by atomic mass is 16.6. The van der Waals surface area contributed by atoms with E-state index in [1.165, 1.54) is 11.1 Å². The fourth-order valence-corrected chi connectivity index (χ4v) is 3.39. The second-order valence-electron chi connectivity index (χ2n) is 6.11. The molecule has 0 saturated carbocycles. The highest BCUT2D eigenvalue weighted by Gasteiger charge is 2.27. The van der Waals surface area contributed by atoms with Crippen molar-refractivity contribution in [2.75, 3.05) is 26.3 Å². The Morgan fingerprint density at radius 2 is 2.04 bits per heavy atom. The van der Waals surface area contributed by atoms with Crippen molar-refractivity contribution >= 4 is 6.09 Å². The molecule has 2 aromatic carbocycles. The Morgan fingerprint density at radius 3 is 2.92 bits per heavy atom. The lowest BCUT2D eigenvalue weighted by molar-refractivity contribution is -0.0449. The van der Waals surface area contributed by atoms with E-state index in [9.17, 15) is 9.90 Å². The molecule has 0 bridgehead atoms. The number of amides is 1. The summed E-state index contributed by atoms with van der Waals surface area (Å²) in [7, 11) is 0. The average molecular weight is 325 g/mol. The molecule has 1 aliphatic carbocycles. The number of fused-ring (bicyclic) bond motifs is 3. The molecule has 1 heterocycles. The van der Waals surface area contributed by atoms with E-state index in [-0.39, 0.29) is 12.7 Å². The third kappa shape index (κ3) is 2.66. The number of ether oxygens (including phenoxy) is 2. The van der Waals surface area contributed by atoms with Gasteiger partial charge in [-0.2, -0.15) is 0 Å². The number of benzene rings is 2. The Kier molecular flexibility index (Phi) is 3.96. The van der Waals surface area contributed by atoms with Crippen molar-refractivity contribution in [1.82, 2.24) is 4.90 Å². The number of rotatable bonds is 2. The van der Waals surface area contributed by atoms with Crippen LogP contribution in [-0.2, 0) is 11.2 Å². The van der Waals surface area contributed by atoms with E-state index in [0.29, 0.717) is 25.4 Å². The van der Waals surface area contributed by atoms with E-state index in [0.717, 1.165) is 17.5 Å². The number of carbonyl (C=O) groups excluding carboxylic acids is 1. The van der Waals surface area contributed by atoms with Crippen LogP contribution in [0.1, 0.15) is 11.1 Å². The van der Waals surface area contributed by atoms with Crippen LogP contribution in [0.2, 0.25) is 0 Å². The van der Waals surface area contributed by atoms with Gasteiger partial charge in [0, 0.05) is 12.1 Å². The van der Waals surface area contributed by atoms with E-state index in [4.69, 9.17) is 9.47 Å². The Labute approximate surface area is 140 Å². The number of hydrogen-bond donors (Lipinski definition) is 1. The summed E-state index contributed by atoms with van der Waals surface area (Å²) in [5.74, 6) is 0.592. The van der Waals surface area contributed by atoms with Gasteiger partial charge in [-0.25, -0.2) is 4.79 Å². The van der Waals surface area contributed by atoms with Gasteiger partial charge < -0.3 is 19.5 Å². The molecule has 2 aromatic rings. The molecule has 1 amide bonds. The third-order valence-electron chi connectivity index (χ3n) is 4.58. The van der Waals surface area contributed by atoms with Gasteiger partial charge in [-0.1, -0.05) is 36.4 Å². The van der Waals surface area contributed by atoms with Crippen LogP contribution in [0.4, 0.5) is 4.79 Å². The maximum absolute atomic E-state index is 12.5. The molecule has 5 heteroatoms. The smallest absolute Gasteiger partial charge is 0.410 e. The number of hydrogen-bond acceptors (Lipinski definition) is 4. The van der Waals surface area contributed by atoms with Gasteiger partial charge in [0.05, 0.1) is 25.9 Å². The van der Waals surface area contributed by atoms with Gasteiger partial charge in [0.15, 0.2) is 0 Å². The van der Waals surface area contributed by atoms with E-state index < -0.39 is 6.09 Å². The minimum atomic E-state index is -0.394. The maximum atomic E-state index is 12.5. The van der Waals surface area contributed by atoms with Crippen LogP contribution in [0.25, 0.3) is 11.1 Å². The standard InChI is InChI=1S/C19H19NO4/c21-12-15-11-20(8-9-23-15)19(22)24-17-7-3-5-14-10-13-4-1-2-6-16(13)18(14)17/h1-7,15,21H,8-12H2. The largest absolute Gasteiger partial charge is 0.415 e. The number of nitrogens with zero attached hydrogens (tertiary/aromatic N) is 1. The summed E-state index contributed by atoms with van der Waals surface area (Å²) >= 11 is 0. The first-order valence-corrected chi connectivity index (χ1v) is 8.15. The van der Waals surface area contributed by atoms with Gasteiger partial charge in [0.1, 0.15) is 5.75 Å². The molecule has 124 valence electrons. The predicted octanol–water partition coefficient (Wildman–Crippen LogP) is 2.45. The highest BCUT2D eigenvalue weighted by Crippen LogP contribution is 2.42. The van der Waals surface area contributed by atoms with Crippen molar-refractivity contribution in [2.45, 2.75) is 12.5 Å². The molecule has 1 unspecified atom stereocenters. The molecule has 1 atom stereocenters. The molecular formula is C19H19NO4. The van der Waals surface area contributed by atoms with Crippen LogP contribution in [0.3, 0.4) is 0 Å². The molecule has 5 nitrogen and oxygen atoms in total. The van der Waals surface area contributed by atoms with Crippen molar-refractivity contribution in [3.05, 3.63) is 53.6 Å². The van der Waals surface area contributed by atoms with E-state index in [2.05, 4.69) is 18.2 Å². The minimum Gasteiger partial charge on any atom is -0.410 e. The van der Waals surface area contributed by atoms with Gasteiger partial charge in [0.25, 0.3) is 0 Å². The first kappa shape index (κ1) is 15.2. The molecule has 4 rings (SSSR count). The lowest BCUT2D eigenvalue weighted by Gasteiger charge is -2.31. The van der Waals surface area contributed by atoms with Crippen molar-refractivity contribution in [2.24, 2.45) is 0 Å². The van der Waals surface area contributed by atoms with Crippen LogP contribution in [-0.4, -0.2) is 48.5 Å². The van der Waals surface area contributed by atoms with Gasteiger partial charge >= 0.3 is 6.09 Å². The van der Waals surface area contributed by atoms with Gasteiger partial charge in [0.2, 0.25) is 0 Å². The maximum Gasteiger partial charge on any atom is 0.415 e. The summed E-state index contributed by atoms with van der Waals surface area (Å²) in [6.07, 6.45) is 0.129. The van der Waals surface area contributed by atoms with Gasteiger partial charge in [-0.05, 0) is 29.2 Å². The summed E-state index contributed by atoms with van der Waals surface area (Å²) in [5.41, 5.74) is 4.57. The molecule has 0 spiro atoms. The molecule has 0 radical (unpaired) electrons. The van der Waals surface area contributed by atoms with E-state index in [1.54, 1.807) is 4.90 Å². The summed E-state index contributed by atoms with van der Waals surface area (Å²) in [6, 6.07) is 14.0. The van der Waals surface area contributed by atoms with E-state index >= 15 is 0 Å². The van der Waals surface area contributed by atoms with Crippen molar-refractivity contribution in [3.8, 4) is 16.9 Å². The Hall–Kier alpha value is -2.37. The average Bonchev–Trinajstić information content (AvgIpc) is 3.01. The summed E-state index contributed by atoms with van der Waals surface area (Å²) in [4.78, 5) is 14.1. The van der Waals surface area contributed by atoms with Crippen molar-refractivity contribution in [1.29, 1.82) is 0 Å². The molecule has 1 saturated heterocycles. The SMILES string of the molecule is O=C(Oc1cccc2c1-c1ccccc1C2)N1CCOC(CO)C1. The lowest BCUT2D eigenvalue weighted by Crippen LogP contribution is -2.47. The zero-order valence-corrected chi connectivity index (χ0v) is 13.3. The van der Waals surface area contributed by atoms with Crippen LogP contribution in [0.5, 0.6) is 5.75 Å². The predicted molar refractivity (Wildman–Crippen MR) is 89.1 cm³/mol. The first-order valence-electron chi connectivity index (χ1n) is 8.15. The zero-order valence-electron chi connectivity index (χ0n) is 13.3. The van der Waals surface area contributed by atoms with Crippen molar-refractivity contribution < 1.29 is 19.4 Å².